The number of hydrogen-bond acceptors (Lipinski definition) is 5. The number of anilines is 1. The summed E-state index contributed by atoms with van der Waals surface area (Å²) in [5, 5.41) is 2.62. The molecule has 0 fully saturated rings. The van der Waals surface area contributed by atoms with Gasteiger partial charge in [-0.3, -0.25) is 8.98 Å². The number of methoxy groups -OCH3 is 1. The van der Waals surface area contributed by atoms with Crippen molar-refractivity contribution in [3.05, 3.63) is 53.6 Å². The van der Waals surface area contributed by atoms with Crippen LogP contribution in [0.15, 0.2) is 47.4 Å². The predicted octanol–water partition coefficient (Wildman–Crippen LogP) is 3.87. The van der Waals surface area contributed by atoms with Crippen molar-refractivity contribution in [3.8, 4) is 5.75 Å². The van der Waals surface area contributed by atoms with E-state index < -0.39 is 16.0 Å². The van der Waals surface area contributed by atoms with Crippen LogP contribution in [0.5, 0.6) is 5.75 Å². The molecular formula is C19H25NO5S. The van der Waals surface area contributed by atoms with Gasteiger partial charge in [-0.1, -0.05) is 32.9 Å². The number of carbonyl (C=O) groups is 1. The highest BCUT2D eigenvalue weighted by Gasteiger charge is 2.21. The highest BCUT2D eigenvalue weighted by molar-refractivity contribution is 7.87. The van der Waals surface area contributed by atoms with E-state index in [1.165, 1.54) is 19.2 Å². The van der Waals surface area contributed by atoms with Crippen molar-refractivity contribution < 1.29 is 22.1 Å². The molecule has 7 heteroatoms. The molecule has 0 saturated heterocycles. The summed E-state index contributed by atoms with van der Waals surface area (Å²) in [7, 11) is -1.51. The van der Waals surface area contributed by atoms with E-state index in [0.29, 0.717) is 11.3 Å². The molecule has 0 heterocycles. The largest absolute Gasteiger partial charge is 0.497 e. The summed E-state index contributed by atoms with van der Waals surface area (Å²) in [5.41, 5.74) is 1.72. The van der Waals surface area contributed by atoms with Crippen LogP contribution in [0, 0.1) is 0 Å². The summed E-state index contributed by atoms with van der Waals surface area (Å²) in [6, 6.07) is 11.5. The number of hydrogen-bond donors (Lipinski definition) is 1. The summed E-state index contributed by atoms with van der Waals surface area (Å²) >= 11 is 0. The number of carbonyl (C=O) groups excluding carboxylic acids is 1. The van der Waals surface area contributed by atoms with Crippen molar-refractivity contribution in [2.24, 2.45) is 0 Å². The maximum atomic E-state index is 12.4. The molecule has 2 aromatic rings. The Hall–Kier alpha value is -2.38. The Morgan fingerprint density at radius 1 is 1.08 bits per heavy atom. The molecule has 0 atom stereocenters. The van der Waals surface area contributed by atoms with Crippen molar-refractivity contribution in [1.82, 2.24) is 0 Å². The number of benzene rings is 2. The maximum Gasteiger partial charge on any atom is 0.298 e. The molecule has 0 saturated carbocycles. The first kappa shape index (κ1) is 21.7. The number of amides is 1. The van der Waals surface area contributed by atoms with Crippen LogP contribution in [-0.4, -0.2) is 28.5 Å². The van der Waals surface area contributed by atoms with E-state index in [1.54, 1.807) is 18.2 Å². The van der Waals surface area contributed by atoms with E-state index >= 15 is 0 Å². The fourth-order valence-corrected chi connectivity index (χ4v) is 3.16. The maximum absolute atomic E-state index is 12.4. The standard InChI is InChI=1S/C18H21NO5S.CH4/c1-4-5-13-6-8-14(9-7-13)18(20)19-16-11-10-15(23-2)12-17(16)25(21,22)24-3;/h6-12H,4-5H2,1-3H3,(H,19,20);1H4. The monoisotopic (exact) mass is 379 g/mol. The summed E-state index contributed by atoms with van der Waals surface area (Å²) in [4.78, 5) is 12.3. The summed E-state index contributed by atoms with van der Waals surface area (Å²) in [6.07, 6.45) is 1.96. The first-order chi connectivity index (χ1) is 11.9. The average Bonchev–Trinajstić information content (AvgIpc) is 2.62. The van der Waals surface area contributed by atoms with Crippen molar-refractivity contribution >= 4 is 21.7 Å². The Balaban J connectivity index is 0.00000338. The Morgan fingerprint density at radius 3 is 2.27 bits per heavy atom. The van der Waals surface area contributed by atoms with Gasteiger partial charge in [0.25, 0.3) is 16.0 Å². The molecule has 0 spiro atoms. The Bertz CT molecular complexity index is 845. The molecule has 2 rings (SSSR count). The van der Waals surface area contributed by atoms with Crippen LogP contribution in [0.3, 0.4) is 0 Å². The molecule has 0 bridgehead atoms. The molecule has 142 valence electrons. The van der Waals surface area contributed by atoms with Gasteiger partial charge in [-0.2, -0.15) is 8.42 Å². The van der Waals surface area contributed by atoms with Gasteiger partial charge < -0.3 is 10.1 Å². The third-order valence-electron chi connectivity index (χ3n) is 3.68. The topological polar surface area (TPSA) is 81.7 Å². The molecule has 0 radical (unpaired) electrons. The van der Waals surface area contributed by atoms with Crippen LogP contribution < -0.4 is 10.1 Å². The van der Waals surface area contributed by atoms with E-state index in [0.717, 1.165) is 25.5 Å². The second-order valence-corrected chi connectivity index (χ2v) is 7.07. The lowest BCUT2D eigenvalue weighted by atomic mass is 10.1. The third kappa shape index (κ3) is 5.06. The molecule has 2 aromatic carbocycles. The van der Waals surface area contributed by atoms with Gasteiger partial charge in [0, 0.05) is 11.6 Å². The third-order valence-corrected chi connectivity index (χ3v) is 5.00. The van der Waals surface area contributed by atoms with E-state index in [-0.39, 0.29) is 18.0 Å². The fourth-order valence-electron chi connectivity index (χ4n) is 2.34. The first-order valence-corrected chi connectivity index (χ1v) is 9.21. The smallest absolute Gasteiger partial charge is 0.298 e. The van der Waals surface area contributed by atoms with Crippen LogP contribution in [0.25, 0.3) is 0 Å². The molecule has 6 nitrogen and oxygen atoms in total. The normalized spacial score (nSPS) is 10.7. The minimum absolute atomic E-state index is 0. The lowest BCUT2D eigenvalue weighted by Crippen LogP contribution is -2.15. The lowest BCUT2D eigenvalue weighted by molar-refractivity contribution is 0.102. The highest BCUT2D eigenvalue weighted by atomic mass is 32.2. The van der Waals surface area contributed by atoms with Crippen molar-refractivity contribution in [2.75, 3.05) is 19.5 Å². The van der Waals surface area contributed by atoms with Gasteiger partial charge in [-0.15, -0.1) is 0 Å². The second kappa shape index (κ2) is 9.35. The molecule has 0 aromatic heterocycles. The van der Waals surface area contributed by atoms with Crippen molar-refractivity contribution in [3.63, 3.8) is 0 Å². The SMILES string of the molecule is C.CCCc1ccc(C(=O)Nc2ccc(OC)cc2S(=O)(=O)OC)cc1. The summed E-state index contributed by atoms with van der Waals surface area (Å²) < 4.78 is 33.8. The number of rotatable bonds is 7. The average molecular weight is 379 g/mol. The van der Waals surface area contributed by atoms with Gasteiger partial charge in [0.1, 0.15) is 10.6 Å². The molecule has 1 amide bonds. The zero-order valence-corrected chi connectivity index (χ0v) is 15.2. The van der Waals surface area contributed by atoms with E-state index in [9.17, 15) is 13.2 Å². The Kier molecular flexibility index (Phi) is 7.79. The number of nitrogens with one attached hydrogen (secondary N) is 1. The first-order valence-electron chi connectivity index (χ1n) is 7.80. The van der Waals surface area contributed by atoms with Gasteiger partial charge in [0.15, 0.2) is 0 Å². The summed E-state index contributed by atoms with van der Waals surface area (Å²) in [5.74, 6) is -0.0571. The quantitative estimate of drug-likeness (QED) is 0.739. The van der Waals surface area contributed by atoms with Gasteiger partial charge in [0.2, 0.25) is 0 Å². The van der Waals surface area contributed by atoms with E-state index in [1.807, 2.05) is 12.1 Å². The molecular weight excluding hydrogens is 354 g/mol. The summed E-state index contributed by atoms with van der Waals surface area (Å²) in [6.45, 7) is 2.09. The van der Waals surface area contributed by atoms with Gasteiger partial charge in [-0.25, -0.2) is 0 Å². The highest BCUT2D eigenvalue weighted by Crippen LogP contribution is 2.28. The molecule has 1 N–H and O–H groups in total. The van der Waals surface area contributed by atoms with Gasteiger partial charge in [-0.05, 0) is 36.2 Å². The van der Waals surface area contributed by atoms with Crippen LogP contribution in [-0.2, 0) is 20.7 Å². The zero-order valence-electron chi connectivity index (χ0n) is 14.4. The minimum Gasteiger partial charge on any atom is -0.497 e. The molecule has 26 heavy (non-hydrogen) atoms. The van der Waals surface area contributed by atoms with Gasteiger partial charge in [0.05, 0.1) is 19.9 Å². The van der Waals surface area contributed by atoms with Crippen molar-refractivity contribution in [1.29, 1.82) is 0 Å². The fraction of sp³-hybridized carbons (Fsp3) is 0.316. The Labute approximate surface area is 155 Å². The molecule has 0 aliphatic heterocycles. The van der Waals surface area contributed by atoms with Crippen LogP contribution in [0.4, 0.5) is 5.69 Å². The minimum atomic E-state index is -4.00. The lowest BCUT2D eigenvalue weighted by Gasteiger charge is -2.12. The van der Waals surface area contributed by atoms with Crippen LogP contribution in [0.2, 0.25) is 0 Å². The Morgan fingerprint density at radius 2 is 1.73 bits per heavy atom. The van der Waals surface area contributed by atoms with Crippen LogP contribution >= 0.6 is 0 Å². The van der Waals surface area contributed by atoms with Crippen molar-refractivity contribution in [2.45, 2.75) is 32.1 Å². The van der Waals surface area contributed by atoms with E-state index in [4.69, 9.17) is 4.74 Å². The zero-order chi connectivity index (χ0) is 18.4. The molecule has 0 aliphatic rings. The van der Waals surface area contributed by atoms with Crippen LogP contribution in [0.1, 0.15) is 36.7 Å². The molecule has 0 unspecified atom stereocenters. The number of ether oxygens (including phenoxy) is 1. The predicted molar refractivity (Wildman–Crippen MR) is 102 cm³/mol. The molecule has 0 aliphatic carbocycles. The number of aryl methyl sites for hydroxylation is 1. The van der Waals surface area contributed by atoms with E-state index in [2.05, 4.69) is 16.4 Å². The second-order valence-electron chi connectivity index (χ2n) is 5.38. The van der Waals surface area contributed by atoms with Gasteiger partial charge >= 0.3 is 0 Å².